The van der Waals surface area contributed by atoms with E-state index in [9.17, 15) is 19.1 Å². The third-order valence-corrected chi connectivity index (χ3v) is 6.13. The number of amides is 1. The molecular formula is C28H26FNO4. The van der Waals surface area contributed by atoms with Crippen molar-refractivity contribution in [3.8, 4) is 5.75 Å². The fraction of sp³-hybridized carbons (Fsp3) is 0.214. The fourth-order valence-corrected chi connectivity index (χ4v) is 4.50. The van der Waals surface area contributed by atoms with E-state index in [-0.39, 0.29) is 11.3 Å². The van der Waals surface area contributed by atoms with E-state index < -0.39 is 23.5 Å². The molecule has 1 aliphatic rings. The Labute approximate surface area is 198 Å². The molecule has 1 amide bonds. The highest BCUT2D eigenvalue weighted by Crippen LogP contribution is 2.44. The number of ketones is 1. The number of nitrogens with zero attached hydrogens (tertiary/aromatic N) is 1. The van der Waals surface area contributed by atoms with Crippen molar-refractivity contribution in [3.63, 3.8) is 0 Å². The average molecular weight is 460 g/mol. The molecule has 1 N–H and O–H groups in total. The Hall–Kier alpha value is -3.93. The van der Waals surface area contributed by atoms with Crippen molar-refractivity contribution in [1.29, 1.82) is 0 Å². The van der Waals surface area contributed by atoms with Crippen LogP contribution in [-0.4, -0.2) is 23.9 Å². The summed E-state index contributed by atoms with van der Waals surface area (Å²) in [5.41, 5.74) is 4.00. The number of aliphatic hydroxyl groups is 1. The molecule has 0 bridgehead atoms. The monoisotopic (exact) mass is 459 g/mol. The van der Waals surface area contributed by atoms with Gasteiger partial charge in [0.15, 0.2) is 0 Å². The van der Waals surface area contributed by atoms with Crippen LogP contribution in [-0.2, 0) is 16.0 Å². The van der Waals surface area contributed by atoms with Crippen LogP contribution in [0.3, 0.4) is 0 Å². The van der Waals surface area contributed by atoms with Crippen LogP contribution in [0.2, 0.25) is 0 Å². The molecule has 1 aliphatic heterocycles. The molecule has 4 rings (SSSR count). The normalized spacial score (nSPS) is 17.3. The molecule has 174 valence electrons. The van der Waals surface area contributed by atoms with Crippen LogP contribution < -0.4 is 9.64 Å². The minimum absolute atomic E-state index is 0.0699. The number of hydrogen-bond donors (Lipinski definition) is 1. The van der Waals surface area contributed by atoms with Gasteiger partial charge in [-0.2, -0.15) is 0 Å². The van der Waals surface area contributed by atoms with Gasteiger partial charge >= 0.3 is 0 Å². The second-order valence-electron chi connectivity index (χ2n) is 8.40. The fourth-order valence-electron chi connectivity index (χ4n) is 4.50. The molecule has 1 saturated heterocycles. The van der Waals surface area contributed by atoms with Crippen LogP contribution in [0.1, 0.15) is 40.8 Å². The Morgan fingerprint density at radius 3 is 2.26 bits per heavy atom. The zero-order valence-electron chi connectivity index (χ0n) is 19.6. The first-order valence-electron chi connectivity index (χ1n) is 11.1. The molecule has 1 heterocycles. The van der Waals surface area contributed by atoms with Crippen molar-refractivity contribution >= 4 is 23.1 Å². The van der Waals surface area contributed by atoms with E-state index in [4.69, 9.17) is 4.74 Å². The van der Waals surface area contributed by atoms with Gasteiger partial charge in [0.25, 0.3) is 11.7 Å². The summed E-state index contributed by atoms with van der Waals surface area (Å²) >= 11 is 0. The van der Waals surface area contributed by atoms with Crippen LogP contribution in [0.5, 0.6) is 5.75 Å². The van der Waals surface area contributed by atoms with Crippen LogP contribution in [0.4, 0.5) is 10.1 Å². The first kappa shape index (κ1) is 23.2. The summed E-state index contributed by atoms with van der Waals surface area (Å²) in [6.45, 7) is 5.74. The lowest BCUT2D eigenvalue weighted by molar-refractivity contribution is -0.132. The minimum Gasteiger partial charge on any atom is -0.507 e. The number of ether oxygens (including phenoxy) is 1. The number of halogens is 1. The molecule has 1 fully saturated rings. The lowest BCUT2D eigenvalue weighted by Gasteiger charge is -2.26. The topological polar surface area (TPSA) is 66.8 Å². The third-order valence-electron chi connectivity index (χ3n) is 6.13. The second-order valence-corrected chi connectivity index (χ2v) is 8.40. The maximum absolute atomic E-state index is 13.7. The number of aliphatic hydroxyl groups excluding tert-OH is 1. The van der Waals surface area contributed by atoms with Crippen LogP contribution in [0, 0.1) is 19.7 Å². The van der Waals surface area contributed by atoms with E-state index in [1.54, 1.807) is 18.2 Å². The van der Waals surface area contributed by atoms with E-state index in [1.807, 2.05) is 39.0 Å². The van der Waals surface area contributed by atoms with Gasteiger partial charge < -0.3 is 9.84 Å². The molecule has 0 spiro atoms. The smallest absolute Gasteiger partial charge is 0.300 e. The number of carbonyl (C=O) groups excluding carboxylic acids is 2. The Bertz CT molecular complexity index is 1290. The minimum atomic E-state index is -0.932. The van der Waals surface area contributed by atoms with Crippen LogP contribution >= 0.6 is 0 Å². The third kappa shape index (κ3) is 3.96. The van der Waals surface area contributed by atoms with Crippen LogP contribution in [0.25, 0.3) is 5.76 Å². The Morgan fingerprint density at radius 1 is 1.03 bits per heavy atom. The molecule has 1 unspecified atom stereocenters. The molecule has 0 aromatic heterocycles. The number of aryl methyl sites for hydroxylation is 3. The standard InChI is InChI=1S/C28H26FNO4/c1-5-18-6-12-21(13-7-18)30-24(19-8-10-20(29)11-9-19)23(26(32)28(30)33)25(31)22-15-16(2)14-17(3)27(22)34-4/h6-15,24,31H,5H2,1-4H3/b25-23+. The summed E-state index contributed by atoms with van der Waals surface area (Å²) in [4.78, 5) is 28.0. The summed E-state index contributed by atoms with van der Waals surface area (Å²) in [6, 6.07) is 15.6. The molecule has 0 aliphatic carbocycles. The summed E-state index contributed by atoms with van der Waals surface area (Å²) in [6.07, 6.45) is 0.826. The molecule has 34 heavy (non-hydrogen) atoms. The zero-order chi connectivity index (χ0) is 24.6. The van der Waals surface area contributed by atoms with Gasteiger partial charge in [-0.05, 0) is 72.9 Å². The highest BCUT2D eigenvalue weighted by atomic mass is 19.1. The first-order chi connectivity index (χ1) is 16.3. The van der Waals surface area contributed by atoms with Crippen LogP contribution in [0.15, 0.2) is 66.2 Å². The average Bonchev–Trinajstić information content (AvgIpc) is 3.09. The molecular weight excluding hydrogens is 433 g/mol. The first-order valence-corrected chi connectivity index (χ1v) is 11.1. The van der Waals surface area contributed by atoms with Gasteiger partial charge in [0.2, 0.25) is 0 Å². The number of hydrogen-bond acceptors (Lipinski definition) is 4. The van der Waals surface area contributed by atoms with E-state index in [2.05, 4.69) is 0 Å². The predicted octanol–water partition coefficient (Wildman–Crippen LogP) is 5.64. The van der Waals surface area contributed by atoms with Gasteiger partial charge in [-0.3, -0.25) is 14.5 Å². The highest BCUT2D eigenvalue weighted by Gasteiger charge is 2.47. The molecule has 1 atom stereocenters. The molecule has 3 aromatic rings. The summed E-state index contributed by atoms with van der Waals surface area (Å²) in [7, 11) is 1.49. The van der Waals surface area contributed by atoms with Gasteiger partial charge in [-0.25, -0.2) is 4.39 Å². The van der Waals surface area contributed by atoms with E-state index in [0.717, 1.165) is 23.1 Å². The van der Waals surface area contributed by atoms with Gasteiger partial charge in [-0.15, -0.1) is 0 Å². The summed E-state index contributed by atoms with van der Waals surface area (Å²) < 4.78 is 19.2. The number of Topliss-reactive ketones (excluding diaryl/α,β-unsaturated/α-hetero) is 1. The molecule has 0 saturated carbocycles. The summed E-state index contributed by atoms with van der Waals surface area (Å²) in [5.74, 6) is -1.93. The predicted molar refractivity (Wildman–Crippen MR) is 129 cm³/mol. The van der Waals surface area contributed by atoms with Crippen molar-refractivity contribution < 1.29 is 23.8 Å². The van der Waals surface area contributed by atoms with Crippen molar-refractivity contribution in [1.82, 2.24) is 0 Å². The van der Waals surface area contributed by atoms with Gasteiger partial charge in [0.1, 0.15) is 17.3 Å². The Morgan fingerprint density at radius 2 is 1.68 bits per heavy atom. The molecule has 3 aromatic carbocycles. The number of methoxy groups -OCH3 is 1. The Balaban J connectivity index is 1.98. The maximum Gasteiger partial charge on any atom is 0.300 e. The lowest BCUT2D eigenvalue weighted by atomic mass is 9.93. The molecule has 6 heteroatoms. The zero-order valence-corrected chi connectivity index (χ0v) is 19.6. The van der Waals surface area contributed by atoms with Crippen molar-refractivity contribution in [2.45, 2.75) is 33.2 Å². The van der Waals surface area contributed by atoms with E-state index in [0.29, 0.717) is 22.6 Å². The lowest BCUT2D eigenvalue weighted by Crippen LogP contribution is -2.29. The quantitative estimate of drug-likeness (QED) is 0.305. The Kier molecular flexibility index (Phi) is 6.24. The van der Waals surface area contributed by atoms with Crippen molar-refractivity contribution in [2.75, 3.05) is 12.0 Å². The summed E-state index contributed by atoms with van der Waals surface area (Å²) in [5, 5.41) is 11.4. The number of rotatable bonds is 5. The maximum atomic E-state index is 13.7. The molecule has 0 radical (unpaired) electrons. The molecule has 5 nitrogen and oxygen atoms in total. The largest absolute Gasteiger partial charge is 0.507 e. The number of anilines is 1. The number of benzene rings is 3. The van der Waals surface area contributed by atoms with Gasteiger partial charge in [-0.1, -0.05) is 37.3 Å². The van der Waals surface area contributed by atoms with E-state index >= 15 is 0 Å². The SMILES string of the molecule is CCc1ccc(N2C(=O)C(=O)/C(=C(/O)c3cc(C)cc(C)c3OC)C2c2ccc(F)cc2)cc1. The van der Waals surface area contributed by atoms with Crippen molar-refractivity contribution in [3.05, 3.63) is 99.9 Å². The van der Waals surface area contributed by atoms with Crippen molar-refractivity contribution in [2.24, 2.45) is 0 Å². The van der Waals surface area contributed by atoms with Gasteiger partial charge in [0, 0.05) is 5.69 Å². The number of carbonyl (C=O) groups is 2. The second kappa shape index (κ2) is 9.14. The van der Waals surface area contributed by atoms with Gasteiger partial charge in [0.05, 0.1) is 24.3 Å². The van der Waals surface area contributed by atoms with E-state index in [1.165, 1.54) is 36.3 Å². The highest BCUT2D eigenvalue weighted by molar-refractivity contribution is 6.51.